The first-order valence-corrected chi connectivity index (χ1v) is 13.9. The van der Waals surface area contributed by atoms with Crippen LogP contribution in [0.3, 0.4) is 0 Å². The first-order chi connectivity index (χ1) is 17.0. The van der Waals surface area contributed by atoms with Crippen molar-refractivity contribution in [3.63, 3.8) is 0 Å². The number of hydrogen-bond acceptors (Lipinski definition) is 8. The highest BCUT2D eigenvalue weighted by Crippen LogP contribution is 2.68. The Kier molecular flexibility index (Phi) is 7.24. The highest BCUT2D eigenvalue weighted by molar-refractivity contribution is 5.73. The van der Waals surface area contributed by atoms with Crippen molar-refractivity contribution in [2.75, 3.05) is 6.61 Å². The molecule has 1 saturated heterocycles. The van der Waals surface area contributed by atoms with Crippen molar-refractivity contribution in [1.29, 1.82) is 0 Å². The lowest BCUT2D eigenvalue weighted by Crippen LogP contribution is -2.61. The number of hydrogen-bond donors (Lipinski definition) is 6. The molecule has 6 N–H and O–H groups in total. The Balaban J connectivity index is 1.32. The zero-order valence-corrected chi connectivity index (χ0v) is 21.4. The van der Waals surface area contributed by atoms with Crippen molar-refractivity contribution in [2.45, 2.75) is 115 Å². The summed E-state index contributed by atoms with van der Waals surface area (Å²) in [5.41, 5.74) is 0.215. The lowest BCUT2D eigenvalue weighted by Gasteiger charge is -2.61. The minimum Gasteiger partial charge on any atom is -0.479 e. The summed E-state index contributed by atoms with van der Waals surface area (Å²) in [6.45, 7) is 4.45. The summed E-state index contributed by atoms with van der Waals surface area (Å²) in [6, 6.07) is 0. The molecule has 0 spiro atoms. The molecule has 14 atom stereocenters. The molecule has 9 nitrogen and oxygen atoms in total. The van der Waals surface area contributed by atoms with Crippen LogP contribution in [0, 0.1) is 40.4 Å². The molecule has 5 aliphatic rings. The van der Waals surface area contributed by atoms with Crippen molar-refractivity contribution < 1.29 is 44.9 Å². The maximum absolute atomic E-state index is 11.5. The van der Waals surface area contributed by atoms with Crippen molar-refractivity contribution >= 4 is 5.97 Å². The van der Waals surface area contributed by atoms with Gasteiger partial charge < -0.3 is 40.1 Å². The van der Waals surface area contributed by atoms with Gasteiger partial charge in [0.05, 0.1) is 18.8 Å². The van der Waals surface area contributed by atoms with E-state index in [4.69, 9.17) is 9.47 Å². The van der Waals surface area contributed by atoms with Gasteiger partial charge in [-0.15, -0.1) is 0 Å². The van der Waals surface area contributed by atoms with Crippen molar-refractivity contribution in [3.05, 3.63) is 0 Å². The summed E-state index contributed by atoms with van der Waals surface area (Å²) in [7, 11) is 0. The van der Waals surface area contributed by atoms with Gasteiger partial charge in [-0.2, -0.15) is 0 Å². The molecular weight excluding hydrogens is 468 g/mol. The standard InChI is InChI=1S/C27H44O9/c1-26-9-7-14(29)11-13(26)3-4-15-16-5-6-18(27(16,2)10-8-17(15)26)19(12-28)35-25-22(32)20(30)21(31)23(36-25)24(33)34/h13-23,25,28-32H,3-12H2,1-2H3,(H,33,34)/t13-,14-,15-,16-,17-,18+,19+,20-,21-,22+,23-,25+,26-,27-/m0/s1. The highest BCUT2D eigenvalue weighted by Gasteiger charge is 2.61. The van der Waals surface area contributed by atoms with E-state index < -0.39 is 42.8 Å². The van der Waals surface area contributed by atoms with Gasteiger partial charge >= 0.3 is 5.97 Å². The molecule has 1 heterocycles. The van der Waals surface area contributed by atoms with E-state index in [-0.39, 0.29) is 29.5 Å². The quantitative estimate of drug-likeness (QED) is 0.319. The minimum absolute atomic E-state index is 0.00947. The fraction of sp³-hybridized carbons (Fsp3) is 0.963. The number of aliphatic carboxylic acids is 1. The van der Waals surface area contributed by atoms with Gasteiger partial charge in [0.15, 0.2) is 12.4 Å². The molecule has 9 heteroatoms. The predicted molar refractivity (Wildman–Crippen MR) is 127 cm³/mol. The second-order valence-electron chi connectivity index (χ2n) is 12.9. The Morgan fingerprint density at radius 2 is 1.61 bits per heavy atom. The van der Waals surface area contributed by atoms with Gasteiger partial charge in [-0.05, 0) is 98.2 Å². The Morgan fingerprint density at radius 1 is 0.917 bits per heavy atom. The molecular formula is C27H44O9. The number of ether oxygens (including phenoxy) is 2. The molecule has 0 aromatic carbocycles. The molecule has 0 unspecified atom stereocenters. The fourth-order valence-corrected chi connectivity index (χ4v) is 9.49. The van der Waals surface area contributed by atoms with Gasteiger partial charge in [0, 0.05) is 0 Å². The lowest BCUT2D eigenvalue weighted by molar-refractivity contribution is -0.313. The van der Waals surface area contributed by atoms with E-state index in [1.165, 1.54) is 6.42 Å². The Morgan fingerprint density at radius 3 is 2.31 bits per heavy atom. The highest BCUT2D eigenvalue weighted by atomic mass is 16.7. The molecule has 0 aromatic rings. The summed E-state index contributed by atoms with van der Waals surface area (Å²) in [5, 5.41) is 60.6. The van der Waals surface area contributed by atoms with E-state index in [9.17, 15) is 35.4 Å². The van der Waals surface area contributed by atoms with Crippen molar-refractivity contribution in [2.24, 2.45) is 40.4 Å². The maximum atomic E-state index is 11.5. The van der Waals surface area contributed by atoms with Crippen LogP contribution >= 0.6 is 0 Å². The van der Waals surface area contributed by atoms with Crippen LogP contribution < -0.4 is 0 Å². The SMILES string of the molecule is C[C@]12CC[C@H](O)C[C@@H]1CC[C@@H]1[C@@H]2CC[C@]2(C)[C@@H]([C@@H](CO)O[C@@H]3O[C@H](C(=O)O)[C@@H](O)[C@H](O)[C@H]3O)CC[C@@H]12. The van der Waals surface area contributed by atoms with E-state index >= 15 is 0 Å². The van der Waals surface area contributed by atoms with Crippen LogP contribution in [0.4, 0.5) is 0 Å². The number of rotatable bonds is 5. The Bertz CT molecular complexity index is 823. The second kappa shape index (κ2) is 9.74. The summed E-state index contributed by atoms with van der Waals surface area (Å²) >= 11 is 0. The third kappa shape index (κ3) is 4.14. The van der Waals surface area contributed by atoms with E-state index in [0.717, 1.165) is 51.4 Å². The first-order valence-electron chi connectivity index (χ1n) is 13.9. The van der Waals surface area contributed by atoms with Crippen LogP contribution in [0.25, 0.3) is 0 Å². The van der Waals surface area contributed by atoms with E-state index in [0.29, 0.717) is 23.7 Å². The zero-order valence-electron chi connectivity index (χ0n) is 21.4. The topological polar surface area (TPSA) is 157 Å². The minimum atomic E-state index is -1.77. The van der Waals surface area contributed by atoms with Crippen LogP contribution in [-0.2, 0) is 14.3 Å². The van der Waals surface area contributed by atoms with E-state index in [1.807, 2.05) is 0 Å². The number of aliphatic hydroxyl groups is 5. The molecule has 0 bridgehead atoms. The molecule has 5 fully saturated rings. The molecule has 5 rings (SSSR count). The molecule has 206 valence electrons. The van der Waals surface area contributed by atoms with Crippen molar-refractivity contribution in [1.82, 2.24) is 0 Å². The summed E-state index contributed by atoms with van der Waals surface area (Å²) in [4.78, 5) is 11.5. The van der Waals surface area contributed by atoms with Gasteiger partial charge in [-0.1, -0.05) is 13.8 Å². The third-order valence-corrected chi connectivity index (χ3v) is 11.5. The number of carbonyl (C=O) groups is 1. The summed E-state index contributed by atoms with van der Waals surface area (Å²) < 4.78 is 11.4. The van der Waals surface area contributed by atoms with Crippen molar-refractivity contribution in [3.8, 4) is 0 Å². The molecule has 0 aromatic heterocycles. The zero-order chi connectivity index (χ0) is 26.0. The predicted octanol–water partition coefficient (Wildman–Crippen LogP) is 1.28. The van der Waals surface area contributed by atoms with Gasteiger partial charge in [-0.25, -0.2) is 4.79 Å². The average Bonchev–Trinajstić information content (AvgIpc) is 3.19. The Hall–Kier alpha value is -0.810. The molecule has 4 saturated carbocycles. The molecule has 4 aliphatic carbocycles. The molecule has 1 aliphatic heterocycles. The van der Waals surface area contributed by atoms with E-state index in [1.54, 1.807) is 0 Å². The largest absolute Gasteiger partial charge is 0.479 e. The van der Waals surface area contributed by atoms with Crippen LogP contribution in [-0.4, -0.2) is 86.1 Å². The monoisotopic (exact) mass is 512 g/mol. The molecule has 36 heavy (non-hydrogen) atoms. The van der Waals surface area contributed by atoms with E-state index in [2.05, 4.69) is 13.8 Å². The second-order valence-corrected chi connectivity index (χ2v) is 12.9. The normalized spacial score (nSPS) is 53.7. The average molecular weight is 513 g/mol. The number of carboxylic acid groups (broad SMARTS) is 1. The van der Waals surface area contributed by atoms with Gasteiger partial charge in [0.25, 0.3) is 0 Å². The third-order valence-electron chi connectivity index (χ3n) is 11.5. The van der Waals surface area contributed by atoms with Crippen LogP contribution in [0.15, 0.2) is 0 Å². The molecule has 0 radical (unpaired) electrons. The summed E-state index contributed by atoms with van der Waals surface area (Å²) in [5.74, 6) is 0.898. The van der Waals surface area contributed by atoms with Crippen LogP contribution in [0.2, 0.25) is 0 Å². The number of fused-ring (bicyclic) bond motifs is 5. The Labute approximate surface area is 212 Å². The fourth-order valence-electron chi connectivity index (χ4n) is 9.49. The molecule has 0 amide bonds. The lowest BCUT2D eigenvalue weighted by atomic mass is 9.44. The number of aliphatic hydroxyl groups excluding tert-OH is 5. The smallest absolute Gasteiger partial charge is 0.335 e. The van der Waals surface area contributed by atoms with Gasteiger partial charge in [0.2, 0.25) is 0 Å². The first kappa shape index (κ1) is 26.8. The maximum Gasteiger partial charge on any atom is 0.335 e. The summed E-state index contributed by atoms with van der Waals surface area (Å²) in [6.07, 6.45) is 0.132. The van der Waals surface area contributed by atoms with Gasteiger partial charge in [0.1, 0.15) is 18.3 Å². The number of carboxylic acids is 1. The van der Waals surface area contributed by atoms with Crippen LogP contribution in [0.5, 0.6) is 0 Å². The van der Waals surface area contributed by atoms with Gasteiger partial charge in [-0.3, -0.25) is 0 Å². The van der Waals surface area contributed by atoms with Crippen LogP contribution in [0.1, 0.15) is 71.6 Å².